The van der Waals surface area contributed by atoms with Crippen molar-refractivity contribution in [3.63, 3.8) is 0 Å². The van der Waals surface area contributed by atoms with Gasteiger partial charge >= 0.3 is 0 Å². The molecule has 0 atom stereocenters. The Labute approximate surface area is 88.5 Å². The number of carbonyl (C=O) groups excluding carboxylic acids is 2. The quantitative estimate of drug-likeness (QED) is 0.621. The predicted molar refractivity (Wildman–Crippen MR) is 57.8 cm³/mol. The van der Waals surface area contributed by atoms with Gasteiger partial charge in [-0.25, -0.2) is 0 Å². The molecule has 1 amide bonds. The number of amides is 1. The number of hydrogen-bond donors (Lipinski definition) is 0. The minimum atomic E-state index is -0.375. The summed E-state index contributed by atoms with van der Waals surface area (Å²) in [5, 5.41) is 0.759. The Morgan fingerprint density at radius 2 is 2.07 bits per heavy atom. The van der Waals surface area contributed by atoms with E-state index >= 15 is 0 Å². The molecule has 0 N–H and O–H groups in total. The smallest absolute Gasteiger partial charge is 0.237 e. The minimum absolute atomic E-state index is 0.0570. The molecule has 0 aliphatic carbocycles. The summed E-state index contributed by atoms with van der Waals surface area (Å²) in [6.45, 7) is 5.61. The highest BCUT2D eigenvalue weighted by Crippen LogP contribution is 2.28. The largest absolute Gasteiger partial charge is 0.309 e. The second-order valence-electron chi connectivity index (χ2n) is 4.34. The van der Waals surface area contributed by atoms with Crippen LogP contribution in [0.4, 0.5) is 0 Å². The summed E-state index contributed by atoms with van der Waals surface area (Å²) < 4.78 is 0. The monoisotopic (exact) mass is 213 g/mol. The van der Waals surface area contributed by atoms with Crippen molar-refractivity contribution in [3.05, 3.63) is 11.1 Å². The van der Waals surface area contributed by atoms with Crippen LogP contribution in [0.3, 0.4) is 0 Å². The van der Waals surface area contributed by atoms with Gasteiger partial charge in [0, 0.05) is 18.5 Å². The summed E-state index contributed by atoms with van der Waals surface area (Å²) >= 11 is 1.42. The lowest BCUT2D eigenvalue weighted by Crippen LogP contribution is -2.22. The highest BCUT2D eigenvalue weighted by molar-refractivity contribution is 8.04. The standard InChI is InChI=1S/C10H15NO2S/c1-10(2,3)7(12)5-9-11(4)8(13)6-14-9/h5H,6H2,1-4H3/b9-5-. The van der Waals surface area contributed by atoms with Crippen molar-refractivity contribution < 1.29 is 9.59 Å². The molecule has 3 nitrogen and oxygen atoms in total. The third kappa shape index (κ3) is 2.38. The van der Waals surface area contributed by atoms with Gasteiger partial charge in [-0.1, -0.05) is 32.5 Å². The fourth-order valence-electron chi connectivity index (χ4n) is 0.919. The summed E-state index contributed by atoms with van der Waals surface area (Å²) in [7, 11) is 1.70. The maximum Gasteiger partial charge on any atom is 0.237 e. The molecule has 1 saturated heterocycles. The van der Waals surface area contributed by atoms with Crippen molar-refractivity contribution in [2.75, 3.05) is 12.8 Å². The van der Waals surface area contributed by atoms with Crippen molar-refractivity contribution in [1.29, 1.82) is 0 Å². The summed E-state index contributed by atoms with van der Waals surface area (Å²) in [4.78, 5) is 24.3. The Morgan fingerprint density at radius 3 is 2.43 bits per heavy atom. The lowest BCUT2D eigenvalue weighted by atomic mass is 9.91. The van der Waals surface area contributed by atoms with Gasteiger partial charge in [-0.15, -0.1) is 0 Å². The Bertz CT molecular complexity index is 302. The molecule has 0 aromatic carbocycles. The first-order valence-electron chi connectivity index (χ1n) is 4.48. The van der Waals surface area contributed by atoms with E-state index in [1.807, 2.05) is 20.8 Å². The summed E-state index contributed by atoms with van der Waals surface area (Å²) in [6, 6.07) is 0. The summed E-state index contributed by atoms with van der Waals surface area (Å²) in [6.07, 6.45) is 1.57. The molecule has 1 heterocycles. The van der Waals surface area contributed by atoms with E-state index in [1.165, 1.54) is 16.7 Å². The van der Waals surface area contributed by atoms with Gasteiger partial charge in [-0.3, -0.25) is 9.59 Å². The number of hydrogen-bond acceptors (Lipinski definition) is 3. The van der Waals surface area contributed by atoms with Crippen LogP contribution in [0.1, 0.15) is 20.8 Å². The van der Waals surface area contributed by atoms with Gasteiger partial charge in [0.25, 0.3) is 0 Å². The summed E-state index contributed by atoms with van der Waals surface area (Å²) in [5.74, 6) is 0.559. The van der Waals surface area contributed by atoms with Crippen LogP contribution in [-0.4, -0.2) is 29.4 Å². The zero-order chi connectivity index (χ0) is 10.9. The molecule has 0 spiro atoms. The van der Waals surface area contributed by atoms with Gasteiger partial charge < -0.3 is 4.90 Å². The zero-order valence-corrected chi connectivity index (χ0v) is 9.77. The molecule has 78 valence electrons. The molecule has 1 rings (SSSR count). The second-order valence-corrected chi connectivity index (χ2v) is 5.33. The molecular weight excluding hydrogens is 198 g/mol. The van der Waals surface area contributed by atoms with Crippen LogP contribution in [-0.2, 0) is 9.59 Å². The molecule has 0 aromatic rings. The molecule has 1 aliphatic rings. The first-order valence-corrected chi connectivity index (χ1v) is 5.46. The number of ketones is 1. The van der Waals surface area contributed by atoms with Crippen LogP contribution in [0, 0.1) is 5.41 Å². The van der Waals surface area contributed by atoms with Crippen molar-refractivity contribution in [3.8, 4) is 0 Å². The average molecular weight is 213 g/mol. The molecule has 0 unspecified atom stereocenters. The fourth-order valence-corrected chi connectivity index (χ4v) is 1.87. The highest BCUT2D eigenvalue weighted by Gasteiger charge is 2.26. The fraction of sp³-hybridized carbons (Fsp3) is 0.600. The molecule has 14 heavy (non-hydrogen) atoms. The van der Waals surface area contributed by atoms with E-state index in [2.05, 4.69) is 0 Å². The number of nitrogens with zero attached hydrogens (tertiary/aromatic N) is 1. The molecule has 0 aromatic heterocycles. The van der Waals surface area contributed by atoms with Crippen molar-refractivity contribution in [2.24, 2.45) is 5.41 Å². The van der Waals surface area contributed by atoms with Crippen LogP contribution < -0.4 is 0 Å². The Balaban J connectivity index is 2.80. The zero-order valence-electron chi connectivity index (χ0n) is 8.96. The van der Waals surface area contributed by atoms with Crippen molar-refractivity contribution in [2.45, 2.75) is 20.8 Å². The molecule has 1 fully saturated rings. The predicted octanol–water partition coefficient (Wildman–Crippen LogP) is 1.65. The Kier molecular flexibility index (Phi) is 3.04. The van der Waals surface area contributed by atoms with E-state index < -0.39 is 0 Å². The molecule has 0 bridgehead atoms. The van der Waals surface area contributed by atoms with E-state index in [1.54, 1.807) is 13.1 Å². The third-order valence-electron chi connectivity index (χ3n) is 2.04. The minimum Gasteiger partial charge on any atom is -0.309 e. The first-order chi connectivity index (χ1) is 6.32. The molecule has 4 heteroatoms. The Hall–Kier alpha value is -0.770. The summed E-state index contributed by atoms with van der Waals surface area (Å²) in [5.41, 5.74) is -0.375. The molecule has 1 aliphatic heterocycles. The van der Waals surface area contributed by atoms with E-state index in [0.29, 0.717) is 5.75 Å². The van der Waals surface area contributed by atoms with Crippen LogP contribution in [0.2, 0.25) is 0 Å². The van der Waals surface area contributed by atoms with Gasteiger partial charge in [-0.05, 0) is 0 Å². The maximum atomic E-state index is 11.6. The number of thioether (sulfide) groups is 1. The lowest BCUT2D eigenvalue weighted by Gasteiger charge is -2.15. The topological polar surface area (TPSA) is 37.4 Å². The normalized spacial score (nSPS) is 20.7. The molecular formula is C10H15NO2S. The van der Waals surface area contributed by atoms with Crippen LogP contribution in [0.25, 0.3) is 0 Å². The molecule has 0 radical (unpaired) electrons. The van der Waals surface area contributed by atoms with Gasteiger partial charge in [0.1, 0.15) is 0 Å². The van der Waals surface area contributed by atoms with Gasteiger partial charge in [0.05, 0.1) is 10.8 Å². The van der Waals surface area contributed by atoms with Gasteiger partial charge in [-0.2, -0.15) is 0 Å². The van der Waals surface area contributed by atoms with Gasteiger partial charge in [0.2, 0.25) is 5.91 Å². The first kappa shape index (κ1) is 11.3. The van der Waals surface area contributed by atoms with E-state index in [9.17, 15) is 9.59 Å². The Morgan fingerprint density at radius 1 is 1.50 bits per heavy atom. The average Bonchev–Trinajstić information content (AvgIpc) is 2.34. The highest BCUT2D eigenvalue weighted by atomic mass is 32.2. The van der Waals surface area contributed by atoms with E-state index in [0.717, 1.165) is 5.03 Å². The SMILES string of the molecule is CN1C(=O)CS/C1=C\C(=O)C(C)(C)C. The van der Waals surface area contributed by atoms with E-state index in [4.69, 9.17) is 0 Å². The van der Waals surface area contributed by atoms with Crippen molar-refractivity contribution >= 4 is 23.5 Å². The number of allylic oxidation sites excluding steroid dienone is 1. The molecule has 0 saturated carbocycles. The van der Waals surface area contributed by atoms with Crippen LogP contribution >= 0.6 is 11.8 Å². The lowest BCUT2D eigenvalue weighted by molar-refractivity contribution is -0.124. The second kappa shape index (κ2) is 3.77. The van der Waals surface area contributed by atoms with Crippen molar-refractivity contribution in [1.82, 2.24) is 4.90 Å². The van der Waals surface area contributed by atoms with Gasteiger partial charge in [0.15, 0.2) is 5.78 Å². The van der Waals surface area contributed by atoms with E-state index in [-0.39, 0.29) is 17.1 Å². The number of rotatable bonds is 1. The van der Waals surface area contributed by atoms with Crippen LogP contribution in [0.15, 0.2) is 11.1 Å². The van der Waals surface area contributed by atoms with Crippen LogP contribution in [0.5, 0.6) is 0 Å². The number of carbonyl (C=O) groups is 2. The maximum absolute atomic E-state index is 11.6. The third-order valence-corrected chi connectivity index (χ3v) is 3.12.